The lowest BCUT2D eigenvalue weighted by Gasteiger charge is -2.36. The normalized spacial score (nSPS) is 22.8. The first-order chi connectivity index (χ1) is 18.5. The molecule has 0 atom stereocenters. The van der Waals surface area contributed by atoms with Gasteiger partial charge in [-0.1, -0.05) is 0 Å². The van der Waals surface area contributed by atoms with Crippen LogP contribution in [0, 0.1) is 5.82 Å². The van der Waals surface area contributed by atoms with E-state index >= 15 is 0 Å². The van der Waals surface area contributed by atoms with Crippen molar-refractivity contribution in [1.29, 1.82) is 0 Å². The van der Waals surface area contributed by atoms with Gasteiger partial charge in [0.2, 0.25) is 0 Å². The molecule has 2 aromatic carbocycles. The van der Waals surface area contributed by atoms with Gasteiger partial charge in [0.1, 0.15) is 0 Å². The molecule has 1 saturated carbocycles. The Balaban J connectivity index is 1.60. The van der Waals surface area contributed by atoms with Crippen molar-refractivity contribution in [3.63, 3.8) is 0 Å². The third-order valence-corrected chi connectivity index (χ3v) is 8.59. The summed E-state index contributed by atoms with van der Waals surface area (Å²) in [4.78, 5) is 12.1. The number of rotatable bonds is 6. The lowest BCUT2D eigenvalue weighted by molar-refractivity contribution is -0.166. The third kappa shape index (κ3) is 3.96. The fourth-order valence-electron chi connectivity index (χ4n) is 6.51. The smallest absolute Gasteiger partial charge is 0.335 e. The van der Waals surface area contributed by atoms with Gasteiger partial charge >= 0.3 is 5.97 Å². The number of aliphatic carboxylic acids is 1. The topological polar surface area (TPSA) is 98.6 Å². The van der Waals surface area contributed by atoms with Crippen LogP contribution in [-0.2, 0) is 14.3 Å². The van der Waals surface area contributed by atoms with Crippen LogP contribution in [0.5, 0.6) is 5.75 Å². The van der Waals surface area contributed by atoms with Crippen LogP contribution in [0.4, 0.5) is 4.39 Å². The number of benzene rings is 2. The number of carboxylic acid groups (broad SMARTS) is 1. The summed E-state index contributed by atoms with van der Waals surface area (Å²) in [5.74, 6) is -0.718. The molecule has 200 valence electrons. The molecule has 0 radical (unpaired) electrons. The Morgan fingerprint density at radius 2 is 1.89 bits per heavy atom. The Labute approximate surface area is 219 Å². The van der Waals surface area contributed by atoms with E-state index in [1.54, 1.807) is 12.1 Å². The third-order valence-electron chi connectivity index (χ3n) is 8.59. The van der Waals surface area contributed by atoms with Crippen molar-refractivity contribution < 1.29 is 28.5 Å². The van der Waals surface area contributed by atoms with E-state index < -0.39 is 17.4 Å². The van der Waals surface area contributed by atoms with Gasteiger partial charge in [0, 0.05) is 54.5 Å². The number of H-pyrrole nitrogens is 1. The molecular formula is C29H32FN3O5. The predicted octanol–water partition coefficient (Wildman–Crippen LogP) is 5.68. The molecule has 9 heteroatoms. The van der Waals surface area contributed by atoms with E-state index in [0.717, 1.165) is 40.3 Å². The Kier molecular flexibility index (Phi) is 6.36. The number of methoxy groups -OCH3 is 2. The average molecular weight is 522 g/mol. The van der Waals surface area contributed by atoms with E-state index in [4.69, 9.17) is 14.2 Å². The minimum Gasteiger partial charge on any atom is -0.494 e. The predicted molar refractivity (Wildman–Crippen MR) is 141 cm³/mol. The molecule has 0 bridgehead atoms. The Bertz CT molecular complexity index is 1500. The summed E-state index contributed by atoms with van der Waals surface area (Å²) < 4.78 is 33.3. The average Bonchev–Trinajstić information content (AvgIpc) is 3.54. The van der Waals surface area contributed by atoms with Crippen LogP contribution in [0.3, 0.4) is 0 Å². The second-order valence-corrected chi connectivity index (χ2v) is 10.4. The number of nitrogens with zero attached hydrogens (tertiary/aromatic N) is 2. The second kappa shape index (κ2) is 9.71. The highest BCUT2D eigenvalue weighted by molar-refractivity contribution is 5.99. The van der Waals surface area contributed by atoms with E-state index in [9.17, 15) is 14.3 Å². The lowest BCUT2D eigenvalue weighted by atomic mass is 9.74. The number of halogens is 1. The minimum atomic E-state index is -1.14. The van der Waals surface area contributed by atoms with E-state index in [0.29, 0.717) is 38.9 Å². The number of hydrogen-bond acceptors (Lipinski definition) is 5. The maximum Gasteiger partial charge on any atom is 0.335 e. The summed E-state index contributed by atoms with van der Waals surface area (Å²) in [6.07, 6.45) is 5.86. The molecule has 2 N–H and O–H groups in total. The van der Waals surface area contributed by atoms with Gasteiger partial charge in [-0.2, -0.15) is 5.10 Å². The molecule has 1 aliphatic heterocycles. The quantitative estimate of drug-likeness (QED) is 0.339. The molecule has 2 aromatic heterocycles. The first kappa shape index (κ1) is 24.9. The fourth-order valence-corrected chi connectivity index (χ4v) is 6.51. The zero-order valence-electron chi connectivity index (χ0n) is 21.6. The molecule has 4 aromatic rings. The molecule has 2 aliphatic rings. The number of aromatic nitrogens is 3. The van der Waals surface area contributed by atoms with Gasteiger partial charge in [0.05, 0.1) is 24.3 Å². The number of fused-ring (bicyclic) bond motifs is 2. The van der Waals surface area contributed by atoms with Crippen LogP contribution in [0.25, 0.3) is 27.5 Å². The maximum absolute atomic E-state index is 14.5. The summed E-state index contributed by atoms with van der Waals surface area (Å²) >= 11 is 0. The fraction of sp³-hybridized carbons (Fsp3) is 0.448. The monoisotopic (exact) mass is 521 g/mol. The van der Waals surface area contributed by atoms with Crippen molar-refractivity contribution in [2.75, 3.05) is 27.4 Å². The highest BCUT2D eigenvalue weighted by Crippen LogP contribution is 2.48. The summed E-state index contributed by atoms with van der Waals surface area (Å²) in [6.45, 7) is 1.36. The van der Waals surface area contributed by atoms with Gasteiger partial charge in [0.25, 0.3) is 0 Å². The van der Waals surface area contributed by atoms with E-state index in [1.165, 1.54) is 31.5 Å². The number of ether oxygens (including phenoxy) is 3. The number of carbonyl (C=O) groups is 1. The number of nitrogens with one attached hydrogen (secondary N) is 1. The van der Waals surface area contributed by atoms with Crippen molar-refractivity contribution >= 4 is 27.8 Å². The molecule has 0 amide bonds. The van der Waals surface area contributed by atoms with Crippen LogP contribution in [-0.4, -0.2) is 58.9 Å². The lowest BCUT2D eigenvalue weighted by Crippen LogP contribution is -2.43. The van der Waals surface area contributed by atoms with Gasteiger partial charge in [-0.25, -0.2) is 9.18 Å². The van der Waals surface area contributed by atoms with Crippen molar-refractivity contribution in [1.82, 2.24) is 14.8 Å². The summed E-state index contributed by atoms with van der Waals surface area (Å²) in [5, 5.41) is 19.3. The highest BCUT2D eigenvalue weighted by Gasteiger charge is 2.44. The van der Waals surface area contributed by atoms with Gasteiger partial charge in [-0.15, -0.1) is 0 Å². The molecule has 1 saturated heterocycles. The Morgan fingerprint density at radius 3 is 2.58 bits per heavy atom. The van der Waals surface area contributed by atoms with Crippen molar-refractivity contribution in [2.24, 2.45) is 0 Å². The molecule has 0 spiro atoms. The maximum atomic E-state index is 14.5. The van der Waals surface area contributed by atoms with Gasteiger partial charge < -0.3 is 23.9 Å². The summed E-state index contributed by atoms with van der Waals surface area (Å²) in [7, 11) is 2.97. The molecule has 1 aliphatic carbocycles. The molecule has 8 nitrogen and oxygen atoms in total. The summed E-state index contributed by atoms with van der Waals surface area (Å²) in [6, 6.07) is 9.29. The Hall–Kier alpha value is -3.43. The molecule has 38 heavy (non-hydrogen) atoms. The Morgan fingerprint density at radius 1 is 1.13 bits per heavy atom. The zero-order chi connectivity index (χ0) is 26.4. The zero-order valence-corrected chi connectivity index (χ0v) is 21.6. The van der Waals surface area contributed by atoms with E-state index in [1.807, 2.05) is 6.20 Å². The first-order valence-electron chi connectivity index (χ1n) is 13.2. The molecule has 2 fully saturated rings. The first-order valence-corrected chi connectivity index (χ1v) is 13.2. The van der Waals surface area contributed by atoms with Gasteiger partial charge in [0.15, 0.2) is 17.2 Å². The number of aromatic amines is 1. The van der Waals surface area contributed by atoms with Gasteiger partial charge in [-0.05, 0) is 74.3 Å². The number of carboxylic acids is 1. The molecule has 0 unspecified atom stereocenters. The van der Waals surface area contributed by atoms with E-state index in [2.05, 4.69) is 26.9 Å². The highest BCUT2D eigenvalue weighted by atomic mass is 19.1. The van der Waals surface area contributed by atoms with Gasteiger partial charge in [-0.3, -0.25) is 5.10 Å². The van der Waals surface area contributed by atoms with Crippen LogP contribution >= 0.6 is 0 Å². The van der Waals surface area contributed by atoms with Crippen LogP contribution < -0.4 is 4.74 Å². The summed E-state index contributed by atoms with van der Waals surface area (Å²) in [5.41, 5.74) is 4.08. The standard InChI is InChI=1S/C29H32FN3O5/c1-36-25-14-20(3-4-22(25)30)33-24-13-19-16-31-32-23(19)15-21(24)26(27(33)18-7-11-38-12-8-18)17-5-9-29(37-2,10-6-17)28(34)35/h3-4,13-18H,5-12H2,1-2H3,(H,31,32)(H,34,35)/t17-,29+. The van der Waals surface area contributed by atoms with Crippen molar-refractivity contribution in [3.05, 3.63) is 53.6 Å². The van der Waals surface area contributed by atoms with Crippen molar-refractivity contribution in [3.8, 4) is 11.4 Å². The van der Waals surface area contributed by atoms with E-state index in [-0.39, 0.29) is 17.6 Å². The molecule has 3 heterocycles. The number of hydrogen-bond donors (Lipinski definition) is 2. The second-order valence-electron chi connectivity index (χ2n) is 10.4. The van der Waals surface area contributed by atoms with Crippen LogP contribution in [0.15, 0.2) is 36.5 Å². The van der Waals surface area contributed by atoms with Crippen molar-refractivity contribution in [2.45, 2.75) is 56.0 Å². The largest absolute Gasteiger partial charge is 0.494 e. The van der Waals surface area contributed by atoms with Crippen LogP contribution in [0.1, 0.15) is 61.6 Å². The SMILES string of the molecule is COc1cc(-n2c(C3CCOCC3)c([C@H]3CC[C@](OC)(C(=O)O)CC3)c3cc4[nH]ncc4cc32)ccc1F. The molecule has 6 rings (SSSR count). The minimum absolute atomic E-state index is 0.155. The van der Waals surface area contributed by atoms with Crippen LogP contribution in [0.2, 0.25) is 0 Å². The molecular weight excluding hydrogens is 489 g/mol.